The number of rotatable bonds is 4. The number of nitro groups is 1. The second-order valence-electron chi connectivity index (χ2n) is 8.91. The average Bonchev–Trinajstić information content (AvgIpc) is 3.56. The molecule has 9 nitrogen and oxygen atoms in total. The van der Waals surface area contributed by atoms with Gasteiger partial charge in [0.05, 0.1) is 34.8 Å². The summed E-state index contributed by atoms with van der Waals surface area (Å²) >= 11 is 0. The lowest BCUT2D eigenvalue weighted by Gasteiger charge is -2.35. The first-order valence-electron chi connectivity index (χ1n) is 11.1. The second-order valence-corrected chi connectivity index (χ2v) is 8.91. The van der Waals surface area contributed by atoms with Crippen LogP contribution in [-0.4, -0.2) is 33.5 Å². The number of nitro benzene ring substituents is 1. The number of carbonyl (C=O) groups excluding carboxylic acids is 3. The summed E-state index contributed by atoms with van der Waals surface area (Å²) in [6.07, 6.45) is 5.02. The lowest BCUT2D eigenvalue weighted by molar-refractivity contribution is -0.385. The van der Waals surface area contributed by atoms with Crippen LogP contribution in [0.2, 0.25) is 0 Å². The molecule has 2 fully saturated rings. The van der Waals surface area contributed by atoms with Crippen LogP contribution in [0.15, 0.2) is 71.5 Å². The molecule has 3 aliphatic rings. The molecule has 0 spiro atoms. The van der Waals surface area contributed by atoms with Crippen molar-refractivity contribution in [3.05, 3.63) is 99.6 Å². The van der Waals surface area contributed by atoms with Crippen molar-refractivity contribution in [1.82, 2.24) is 4.90 Å². The number of anilines is 1. The molecular weight excluding hydrogens is 450 g/mol. The Morgan fingerprint density at radius 3 is 2.54 bits per heavy atom. The lowest BCUT2D eigenvalue weighted by Crippen LogP contribution is -2.44. The van der Waals surface area contributed by atoms with E-state index in [9.17, 15) is 24.5 Å². The Morgan fingerprint density at radius 1 is 1.03 bits per heavy atom. The van der Waals surface area contributed by atoms with Gasteiger partial charge in [-0.3, -0.25) is 24.5 Å². The fraction of sp³-hybridized carbons (Fsp3) is 0.192. The van der Waals surface area contributed by atoms with Gasteiger partial charge in [0, 0.05) is 17.8 Å². The van der Waals surface area contributed by atoms with Gasteiger partial charge in [0.15, 0.2) is 5.76 Å². The van der Waals surface area contributed by atoms with Crippen molar-refractivity contribution < 1.29 is 23.7 Å². The maximum atomic E-state index is 13.8. The molecule has 0 saturated carbocycles. The normalized spacial score (nSPS) is 24.4. The number of aryl methyl sites for hydroxylation is 1. The van der Waals surface area contributed by atoms with E-state index in [1.54, 1.807) is 24.1 Å². The van der Waals surface area contributed by atoms with Gasteiger partial charge in [0.1, 0.15) is 6.04 Å². The van der Waals surface area contributed by atoms with Crippen molar-refractivity contribution in [2.24, 2.45) is 11.8 Å². The van der Waals surface area contributed by atoms with Crippen LogP contribution in [0.1, 0.15) is 33.3 Å². The minimum absolute atomic E-state index is 0.103. The van der Waals surface area contributed by atoms with Gasteiger partial charge in [-0.1, -0.05) is 30.3 Å². The molecule has 3 aliphatic heterocycles. The van der Waals surface area contributed by atoms with Crippen molar-refractivity contribution in [2.75, 3.05) is 4.90 Å². The molecule has 0 bridgehead atoms. The van der Waals surface area contributed by atoms with E-state index in [1.807, 2.05) is 30.3 Å². The second kappa shape index (κ2) is 7.49. The largest absolute Gasteiger partial charge is 0.461 e. The molecule has 174 valence electrons. The van der Waals surface area contributed by atoms with Crippen LogP contribution < -0.4 is 4.90 Å². The summed E-state index contributed by atoms with van der Waals surface area (Å²) in [5.74, 6) is -3.13. The first-order chi connectivity index (χ1) is 16.9. The number of ketones is 1. The third-order valence-corrected chi connectivity index (χ3v) is 7.14. The van der Waals surface area contributed by atoms with E-state index < -0.39 is 46.4 Å². The van der Waals surface area contributed by atoms with Gasteiger partial charge in [0.2, 0.25) is 17.6 Å². The molecule has 6 rings (SSSR count). The third kappa shape index (κ3) is 2.91. The van der Waals surface area contributed by atoms with E-state index >= 15 is 0 Å². The smallest absolute Gasteiger partial charge is 0.274 e. The highest BCUT2D eigenvalue weighted by Crippen LogP contribution is 2.53. The first-order valence-corrected chi connectivity index (χ1v) is 11.1. The minimum atomic E-state index is -0.971. The van der Waals surface area contributed by atoms with E-state index in [1.165, 1.54) is 30.5 Å². The highest BCUT2D eigenvalue weighted by molar-refractivity contribution is 6.24. The number of imide groups is 1. The molecule has 35 heavy (non-hydrogen) atoms. The first kappa shape index (κ1) is 21.0. The van der Waals surface area contributed by atoms with Crippen molar-refractivity contribution >= 4 is 35.0 Å². The minimum Gasteiger partial charge on any atom is -0.461 e. The Hall–Kier alpha value is -4.53. The topological polar surface area (TPSA) is 114 Å². The zero-order valence-electron chi connectivity index (χ0n) is 18.5. The van der Waals surface area contributed by atoms with Gasteiger partial charge >= 0.3 is 0 Å². The SMILES string of the molecule is Cc1ccc(N2C(=O)[C@@H]3[C@@H](C2=O)[C@H]2c4ccccc4C=CN2[C@@H]3C(=O)c2ccco2)cc1[N+](=O)[O-]. The Morgan fingerprint density at radius 2 is 1.80 bits per heavy atom. The molecule has 2 saturated heterocycles. The zero-order chi connectivity index (χ0) is 24.4. The van der Waals surface area contributed by atoms with Crippen molar-refractivity contribution in [3.63, 3.8) is 0 Å². The number of benzene rings is 2. The highest BCUT2D eigenvalue weighted by atomic mass is 16.6. The molecule has 9 heteroatoms. The molecule has 1 aromatic heterocycles. The molecular formula is C26H19N3O6. The molecule has 3 aromatic rings. The molecule has 0 aliphatic carbocycles. The number of amides is 2. The van der Waals surface area contributed by atoms with Crippen LogP contribution >= 0.6 is 0 Å². The predicted molar refractivity (Wildman–Crippen MR) is 124 cm³/mol. The van der Waals surface area contributed by atoms with E-state index in [2.05, 4.69) is 0 Å². The van der Waals surface area contributed by atoms with Gasteiger partial charge in [-0.2, -0.15) is 0 Å². The van der Waals surface area contributed by atoms with Crippen LogP contribution in [0.4, 0.5) is 11.4 Å². The fourth-order valence-corrected chi connectivity index (χ4v) is 5.61. The summed E-state index contributed by atoms with van der Waals surface area (Å²) in [5, 5.41) is 11.5. The van der Waals surface area contributed by atoms with Crippen LogP contribution in [0, 0.1) is 28.9 Å². The Labute approximate surface area is 199 Å². The van der Waals surface area contributed by atoms with Crippen molar-refractivity contribution in [1.29, 1.82) is 0 Å². The summed E-state index contributed by atoms with van der Waals surface area (Å²) in [6, 6.07) is 13.5. The number of nitrogens with zero attached hydrogens (tertiary/aromatic N) is 3. The summed E-state index contributed by atoms with van der Waals surface area (Å²) < 4.78 is 5.35. The van der Waals surface area contributed by atoms with Gasteiger partial charge in [-0.05, 0) is 42.3 Å². The maximum Gasteiger partial charge on any atom is 0.274 e. The van der Waals surface area contributed by atoms with E-state index in [0.29, 0.717) is 5.56 Å². The van der Waals surface area contributed by atoms with E-state index in [4.69, 9.17) is 4.42 Å². The lowest BCUT2D eigenvalue weighted by atomic mass is 9.84. The molecule has 0 radical (unpaired) electrons. The zero-order valence-corrected chi connectivity index (χ0v) is 18.5. The molecule has 0 N–H and O–H groups in total. The quantitative estimate of drug-likeness (QED) is 0.246. The summed E-state index contributed by atoms with van der Waals surface area (Å²) in [4.78, 5) is 54.9. The summed E-state index contributed by atoms with van der Waals surface area (Å²) in [5.41, 5.74) is 2.11. The van der Waals surface area contributed by atoms with Crippen LogP contribution in [0.5, 0.6) is 0 Å². The van der Waals surface area contributed by atoms with Gasteiger partial charge in [0.25, 0.3) is 5.69 Å². The highest BCUT2D eigenvalue weighted by Gasteiger charge is 2.64. The number of furan rings is 1. The van der Waals surface area contributed by atoms with E-state index in [0.717, 1.165) is 16.0 Å². The van der Waals surface area contributed by atoms with Crippen LogP contribution in [-0.2, 0) is 9.59 Å². The molecule has 0 unspecified atom stereocenters. The predicted octanol–water partition coefficient (Wildman–Crippen LogP) is 3.89. The van der Waals surface area contributed by atoms with Gasteiger partial charge < -0.3 is 9.32 Å². The molecule has 2 aromatic carbocycles. The fourth-order valence-electron chi connectivity index (χ4n) is 5.61. The number of carbonyl (C=O) groups is 3. The van der Waals surface area contributed by atoms with Gasteiger partial charge in [-0.25, -0.2) is 4.90 Å². The molecule has 2 amide bonds. The average molecular weight is 469 g/mol. The Bertz CT molecular complexity index is 1440. The van der Waals surface area contributed by atoms with Gasteiger partial charge in [-0.15, -0.1) is 0 Å². The van der Waals surface area contributed by atoms with Crippen molar-refractivity contribution in [2.45, 2.75) is 19.0 Å². The number of fused-ring (bicyclic) bond motifs is 5. The van der Waals surface area contributed by atoms with Crippen LogP contribution in [0.25, 0.3) is 6.08 Å². The van der Waals surface area contributed by atoms with Crippen LogP contribution in [0.3, 0.4) is 0 Å². The number of hydrogen-bond donors (Lipinski definition) is 0. The van der Waals surface area contributed by atoms with E-state index in [-0.39, 0.29) is 17.1 Å². The summed E-state index contributed by atoms with van der Waals surface area (Å²) in [6.45, 7) is 1.59. The monoisotopic (exact) mass is 469 g/mol. The standard InChI is InChI=1S/C26H19N3O6/c1-14-8-9-16(13-18(14)29(33)34)28-25(31)20-21(26(28)32)23(24(30)19-7-4-12-35-19)27-11-10-15-5-2-3-6-17(15)22(20)27/h2-13,20-23H,1H3/t20-,21-,22-,23+/m1/s1. The molecule has 4 heterocycles. The molecule has 4 atom stereocenters. The number of hydrogen-bond acceptors (Lipinski definition) is 7. The van der Waals surface area contributed by atoms with Crippen molar-refractivity contribution in [3.8, 4) is 0 Å². The third-order valence-electron chi connectivity index (χ3n) is 7.14. The maximum absolute atomic E-state index is 13.8. The Kier molecular flexibility index (Phi) is 4.50. The Balaban J connectivity index is 1.50. The number of Topliss-reactive ketones (excluding diaryl/α,β-unsaturated/α-hetero) is 1. The summed E-state index contributed by atoms with van der Waals surface area (Å²) in [7, 11) is 0.